The Morgan fingerprint density at radius 1 is 0.480 bits per heavy atom. The topological polar surface area (TPSA) is 80.9 Å². The van der Waals surface area contributed by atoms with Crippen LogP contribution in [0.3, 0.4) is 0 Å². The Bertz CT molecular complexity index is 257. The number of hydrogen-bond donors (Lipinski definition) is 4. The predicted molar refractivity (Wildman–Crippen MR) is 113 cm³/mol. The molecule has 0 saturated carbocycles. The molecule has 0 radical (unpaired) electrons. The van der Waals surface area contributed by atoms with Crippen molar-refractivity contribution in [3.8, 4) is 0 Å². The van der Waals surface area contributed by atoms with Crippen LogP contribution in [0.5, 0.6) is 0 Å². The predicted octanol–water partition coefficient (Wildman–Crippen LogP) is 5.20. The van der Waals surface area contributed by atoms with Gasteiger partial charge in [-0.1, -0.05) is 96.8 Å². The molecule has 0 rings (SSSR count). The molecule has 0 aliphatic carbocycles. The first-order chi connectivity index (χ1) is 11.6. The van der Waals surface area contributed by atoms with E-state index in [1.165, 1.54) is 96.6 Å². The summed E-state index contributed by atoms with van der Waals surface area (Å²) in [6.45, 7) is 6.75. The van der Waals surface area contributed by atoms with Crippen molar-refractivity contribution in [2.24, 2.45) is 0 Å². The maximum atomic E-state index is 9.30. The van der Waals surface area contributed by atoms with Crippen LogP contribution in [0.1, 0.15) is 96.8 Å². The molecule has 4 nitrogen and oxygen atoms in total. The van der Waals surface area contributed by atoms with E-state index in [2.05, 4.69) is 6.92 Å². The molecule has 6 heteroatoms. The molecule has 0 aromatic rings. The second-order valence-corrected chi connectivity index (χ2v) is 14.0. The van der Waals surface area contributed by atoms with Gasteiger partial charge in [0.1, 0.15) is 0 Å². The van der Waals surface area contributed by atoms with Crippen molar-refractivity contribution in [3.05, 3.63) is 0 Å². The van der Waals surface area contributed by atoms with Gasteiger partial charge in [-0.25, -0.2) is 0 Å². The minimum atomic E-state index is -2.76. The van der Waals surface area contributed by atoms with Crippen LogP contribution in [0.4, 0.5) is 0 Å². The Morgan fingerprint density at radius 3 is 0.960 bits per heavy atom. The number of unbranched alkanes of at least 4 members (excludes halogenated alkanes) is 13. The van der Waals surface area contributed by atoms with E-state index >= 15 is 0 Å². The van der Waals surface area contributed by atoms with E-state index in [9.17, 15) is 9.59 Å². The van der Waals surface area contributed by atoms with Gasteiger partial charge in [-0.3, -0.25) is 0 Å². The SMILES string of the molecule is CCCCCCCCCCCCCCCC[Si](C)(O)O.C[Si](C)(O)O. The molecule has 154 valence electrons. The summed E-state index contributed by atoms with van der Waals surface area (Å²) in [7, 11) is -5.37. The molecule has 0 fully saturated rings. The fourth-order valence-corrected chi connectivity index (χ4v) is 3.57. The van der Waals surface area contributed by atoms with Gasteiger partial charge in [0.25, 0.3) is 0 Å². The van der Waals surface area contributed by atoms with Gasteiger partial charge in [-0.05, 0) is 25.7 Å². The van der Waals surface area contributed by atoms with Crippen molar-refractivity contribution in [3.63, 3.8) is 0 Å². The molecular formula is C19H46O4Si2. The monoisotopic (exact) mass is 394 g/mol. The smallest absolute Gasteiger partial charge is 0.329 e. The lowest BCUT2D eigenvalue weighted by Crippen LogP contribution is -2.29. The van der Waals surface area contributed by atoms with Crippen molar-refractivity contribution in [1.29, 1.82) is 0 Å². The lowest BCUT2D eigenvalue weighted by atomic mass is 10.0. The highest BCUT2D eigenvalue weighted by Crippen LogP contribution is 2.14. The first kappa shape index (κ1) is 27.5. The fraction of sp³-hybridized carbons (Fsp3) is 1.00. The minimum absolute atomic E-state index is 0.644. The zero-order valence-corrected chi connectivity index (χ0v) is 19.4. The molecule has 0 amide bonds. The van der Waals surface area contributed by atoms with Gasteiger partial charge in [-0.15, -0.1) is 0 Å². The zero-order chi connectivity index (χ0) is 19.6. The van der Waals surface area contributed by atoms with Crippen molar-refractivity contribution in [1.82, 2.24) is 0 Å². The molecule has 0 aliphatic heterocycles. The Morgan fingerprint density at radius 2 is 0.720 bits per heavy atom. The molecule has 0 spiro atoms. The summed E-state index contributed by atoms with van der Waals surface area (Å²) < 4.78 is 0. The van der Waals surface area contributed by atoms with E-state index < -0.39 is 17.1 Å². The number of rotatable bonds is 15. The van der Waals surface area contributed by atoms with E-state index in [1.54, 1.807) is 6.55 Å². The molecule has 0 aromatic heterocycles. The van der Waals surface area contributed by atoms with Crippen LogP contribution >= 0.6 is 0 Å². The minimum Gasteiger partial charge on any atom is -0.411 e. The highest BCUT2D eigenvalue weighted by molar-refractivity contribution is 6.63. The second kappa shape index (κ2) is 17.7. The van der Waals surface area contributed by atoms with E-state index in [4.69, 9.17) is 9.59 Å². The molecule has 0 heterocycles. The van der Waals surface area contributed by atoms with Gasteiger partial charge >= 0.3 is 17.1 Å². The van der Waals surface area contributed by atoms with E-state index in [0.717, 1.165) is 6.42 Å². The highest BCUT2D eigenvalue weighted by atomic mass is 28.4. The molecule has 0 bridgehead atoms. The van der Waals surface area contributed by atoms with Gasteiger partial charge in [0.05, 0.1) is 0 Å². The summed E-state index contributed by atoms with van der Waals surface area (Å²) in [4.78, 5) is 35.0. The molecule has 25 heavy (non-hydrogen) atoms. The third-order valence-corrected chi connectivity index (χ3v) is 5.30. The summed E-state index contributed by atoms with van der Waals surface area (Å²) >= 11 is 0. The standard InChI is InChI=1S/C17H38O2Si.C2H8O2Si/c1-3-4-5-6-7-8-9-10-11-12-13-14-15-16-17-20(2,18)19;1-5(2,3)4/h18-19H,3-17H2,1-2H3;3-4H,1-2H3. The summed E-state index contributed by atoms with van der Waals surface area (Å²) in [5.41, 5.74) is 0. The first-order valence-corrected chi connectivity index (χ1v) is 16.0. The van der Waals surface area contributed by atoms with Crippen LogP contribution in [0.2, 0.25) is 25.7 Å². The number of hydrogen-bond acceptors (Lipinski definition) is 4. The van der Waals surface area contributed by atoms with E-state index in [0.29, 0.717) is 6.04 Å². The molecule has 4 N–H and O–H groups in total. The van der Waals surface area contributed by atoms with Crippen molar-refractivity contribution in [2.45, 2.75) is 123 Å². The lowest BCUT2D eigenvalue weighted by Gasteiger charge is -2.10. The van der Waals surface area contributed by atoms with Crippen LogP contribution in [0.25, 0.3) is 0 Å². The molecular weight excluding hydrogens is 348 g/mol. The van der Waals surface area contributed by atoms with E-state index in [1.807, 2.05) is 0 Å². The third kappa shape index (κ3) is 40.4. The van der Waals surface area contributed by atoms with Gasteiger partial charge in [0, 0.05) is 0 Å². The average Bonchev–Trinajstić information content (AvgIpc) is 2.45. The molecule has 0 aromatic carbocycles. The van der Waals surface area contributed by atoms with Crippen LogP contribution in [-0.2, 0) is 0 Å². The molecule has 0 atom stereocenters. The lowest BCUT2D eigenvalue weighted by molar-refractivity contribution is 0.365. The van der Waals surface area contributed by atoms with Gasteiger partial charge in [-0.2, -0.15) is 0 Å². The Labute approximate surface area is 159 Å². The highest BCUT2D eigenvalue weighted by Gasteiger charge is 2.19. The average molecular weight is 395 g/mol. The Kier molecular flexibility index (Phi) is 19.4. The summed E-state index contributed by atoms with van der Waals surface area (Å²) in [6, 6.07) is 0.644. The van der Waals surface area contributed by atoms with E-state index in [-0.39, 0.29) is 0 Å². The van der Waals surface area contributed by atoms with Crippen LogP contribution < -0.4 is 0 Å². The second-order valence-electron chi connectivity index (χ2n) is 8.06. The fourth-order valence-electron chi connectivity index (χ4n) is 2.65. The quantitative estimate of drug-likeness (QED) is 0.227. The normalized spacial score (nSPS) is 12.0. The zero-order valence-electron chi connectivity index (χ0n) is 17.4. The summed E-state index contributed by atoms with van der Waals surface area (Å²) in [5.74, 6) is 0. The van der Waals surface area contributed by atoms with Crippen LogP contribution in [0, 0.1) is 0 Å². The van der Waals surface area contributed by atoms with Crippen LogP contribution in [-0.4, -0.2) is 36.3 Å². The maximum Gasteiger partial charge on any atom is 0.329 e. The van der Waals surface area contributed by atoms with Crippen LogP contribution in [0.15, 0.2) is 0 Å². The molecule has 0 aliphatic rings. The summed E-state index contributed by atoms with van der Waals surface area (Å²) in [6.07, 6.45) is 18.8. The Balaban J connectivity index is 0. The van der Waals surface area contributed by atoms with Gasteiger partial charge in [0.15, 0.2) is 0 Å². The maximum absolute atomic E-state index is 9.30. The van der Waals surface area contributed by atoms with Crippen molar-refractivity contribution in [2.75, 3.05) is 0 Å². The van der Waals surface area contributed by atoms with Gasteiger partial charge < -0.3 is 19.2 Å². The Hall–Kier alpha value is 0.274. The third-order valence-electron chi connectivity index (χ3n) is 4.00. The van der Waals surface area contributed by atoms with Gasteiger partial charge in [0.2, 0.25) is 0 Å². The molecule has 0 unspecified atom stereocenters. The van der Waals surface area contributed by atoms with Crippen molar-refractivity contribution < 1.29 is 19.2 Å². The van der Waals surface area contributed by atoms with Crippen molar-refractivity contribution >= 4 is 17.1 Å². The largest absolute Gasteiger partial charge is 0.411 e. The summed E-state index contributed by atoms with van der Waals surface area (Å²) in [5, 5.41) is 0. The first-order valence-electron chi connectivity index (χ1n) is 10.5. The molecule has 0 saturated heterocycles.